The minimum absolute atomic E-state index is 0.0626. The molecule has 1 aromatic heterocycles. The molecule has 1 heterocycles. The number of nitrogen functional groups attached to an aromatic ring is 1. The van der Waals surface area contributed by atoms with E-state index >= 15 is 0 Å². The summed E-state index contributed by atoms with van der Waals surface area (Å²) in [5.41, 5.74) is 6.64. The van der Waals surface area contributed by atoms with Crippen LogP contribution in [0.15, 0.2) is 34.7 Å². The van der Waals surface area contributed by atoms with Crippen LogP contribution in [0.2, 0.25) is 0 Å². The van der Waals surface area contributed by atoms with Gasteiger partial charge in [0.15, 0.2) is 4.34 Å². The molecule has 7 heteroatoms. The number of hydrogen-bond acceptors (Lipinski definition) is 6. The van der Waals surface area contributed by atoms with E-state index < -0.39 is 0 Å². The third kappa shape index (κ3) is 3.94. The van der Waals surface area contributed by atoms with Crippen LogP contribution in [0.5, 0.6) is 0 Å². The van der Waals surface area contributed by atoms with Crippen molar-refractivity contribution in [3.63, 3.8) is 0 Å². The number of carbonyl (C=O) groups excluding carboxylic acids is 1. The Morgan fingerprint density at radius 1 is 1.40 bits per heavy atom. The zero-order valence-corrected chi connectivity index (χ0v) is 12.9. The number of rotatable bonds is 5. The van der Waals surface area contributed by atoms with Gasteiger partial charge in [-0.2, -0.15) is 0 Å². The molecule has 0 fully saturated rings. The zero-order chi connectivity index (χ0) is 14.5. The van der Waals surface area contributed by atoms with E-state index in [4.69, 9.17) is 5.73 Å². The topological polar surface area (TPSA) is 72.1 Å². The molecule has 1 aromatic carbocycles. The Morgan fingerprint density at radius 3 is 2.70 bits per heavy atom. The quantitative estimate of drug-likeness (QED) is 0.858. The highest BCUT2D eigenvalue weighted by atomic mass is 32.2. The summed E-state index contributed by atoms with van der Waals surface area (Å²) in [5, 5.41) is 7.87. The minimum atomic E-state index is -0.212. The molecule has 2 rings (SSSR count). The van der Waals surface area contributed by atoms with Crippen molar-refractivity contribution in [3.8, 4) is 0 Å². The maximum absolute atomic E-state index is 12.3. The van der Waals surface area contributed by atoms with Crippen molar-refractivity contribution in [2.75, 3.05) is 12.8 Å². The predicted octanol–water partition coefficient (Wildman–Crippen LogP) is 2.26. The molecule has 0 aliphatic carbocycles. The van der Waals surface area contributed by atoms with Gasteiger partial charge in [0.2, 0.25) is 11.0 Å². The minimum Gasteiger partial charge on any atom is -0.374 e. The molecule has 2 aromatic rings. The number of aromatic nitrogens is 2. The second-order valence-corrected chi connectivity index (χ2v) is 6.94. The highest BCUT2D eigenvalue weighted by molar-refractivity contribution is 8.02. The number of carbonyl (C=O) groups is 1. The van der Waals surface area contributed by atoms with Gasteiger partial charge >= 0.3 is 0 Å². The summed E-state index contributed by atoms with van der Waals surface area (Å²) in [5.74, 6) is 0.0626. The van der Waals surface area contributed by atoms with Crippen LogP contribution in [0, 0.1) is 0 Å². The molecule has 0 aliphatic rings. The van der Waals surface area contributed by atoms with Crippen molar-refractivity contribution in [2.45, 2.75) is 23.1 Å². The van der Waals surface area contributed by atoms with E-state index in [2.05, 4.69) is 10.2 Å². The molecule has 1 amide bonds. The normalized spacial score (nSPS) is 12.1. The number of hydrogen-bond donors (Lipinski definition) is 1. The Hall–Kier alpha value is -1.60. The van der Waals surface area contributed by atoms with Crippen LogP contribution in [-0.2, 0) is 11.3 Å². The Labute approximate surface area is 126 Å². The summed E-state index contributed by atoms with van der Waals surface area (Å²) in [7, 11) is 1.81. The van der Waals surface area contributed by atoms with Crippen molar-refractivity contribution < 1.29 is 4.79 Å². The summed E-state index contributed by atoms with van der Waals surface area (Å²) >= 11 is 2.68. The fourth-order valence-electron chi connectivity index (χ4n) is 1.72. The third-order valence-electron chi connectivity index (χ3n) is 2.69. The third-order valence-corrected chi connectivity index (χ3v) is 4.61. The lowest BCUT2D eigenvalue weighted by molar-refractivity contribution is -0.129. The van der Waals surface area contributed by atoms with Crippen molar-refractivity contribution in [2.24, 2.45) is 0 Å². The molecule has 0 saturated carbocycles. The lowest BCUT2D eigenvalue weighted by atomic mass is 10.2. The Bertz CT molecular complexity index is 573. The second kappa shape index (κ2) is 6.71. The summed E-state index contributed by atoms with van der Waals surface area (Å²) in [6.07, 6.45) is 0. The Balaban J connectivity index is 1.92. The lowest BCUT2D eigenvalue weighted by Crippen LogP contribution is -2.32. The van der Waals surface area contributed by atoms with Crippen LogP contribution < -0.4 is 5.73 Å². The average molecular weight is 308 g/mol. The molecule has 0 saturated heterocycles. The van der Waals surface area contributed by atoms with Crippen LogP contribution in [0.4, 0.5) is 5.13 Å². The van der Waals surface area contributed by atoms with Gasteiger partial charge < -0.3 is 10.6 Å². The van der Waals surface area contributed by atoms with Crippen molar-refractivity contribution in [3.05, 3.63) is 35.9 Å². The molecule has 1 atom stereocenters. The van der Waals surface area contributed by atoms with E-state index in [1.807, 2.05) is 37.3 Å². The van der Waals surface area contributed by atoms with Crippen LogP contribution in [-0.4, -0.2) is 33.3 Å². The van der Waals surface area contributed by atoms with Gasteiger partial charge in [0.1, 0.15) is 0 Å². The van der Waals surface area contributed by atoms with Crippen LogP contribution in [0.1, 0.15) is 12.5 Å². The van der Waals surface area contributed by atoms with Gasteiger partial charge in [-0.15, -0.1) is 10.2 Å². The van der Waals surface area contributed by atoms with E-state index in [0.29, 0.717) is 11.7 Å². The first kappa shape index (κ1) is 14.8. The molecule has 0 radical (unpaired) electrons. The van der Waals surface area contributed by atoms with E-state index in [0.717, 1.165) is 9.90 Å². The molecule has 20 heavy (non-hydrogen) atoms. The number of nitrogens with two attached hydrogens (primary N) is 1. The van der Waals surface area contributed by atoms with Gasteiger partial charge in [-0.25, -0.2) is 0 Å². The zero-order valence-electron chi connectivity index (χ0n) is 11.3. The maximum atomic E-state index is 12.3. The molecule has 5 nitrogen and oxygen atoms in total. The number of anilines is 1. The molecule has 2 N–H and O–H groups in total. The monoisotopic (exact) mass is 308 g/mol. The molecular formula is C13H16N4OS2. The predicted molar refractivity (Wildman–Crippen MR) is 82.6 cm³/mol. The number of benzene rings is 1. The van der Waals surface area contributed by atoms with Crippen molar-refractivity contribution in [1.29, 1.82) is 0 Å². The highest BCUT2D eigenvalue weighted by Crippen LogP contribution is 2.28. The SMILES string of the molecule is C[C@H](Sc1nnc(N)s1)C(=O)N(C)Cc1ccccc1. The molecular weight excluding hydrogens is 292 g/mol. The second-order valence-electron chi connectivity index (χ2n) is 4.35. The van der Waals surface area contributed by atoms with E-state index in [9.17, 15) is 4.79 Å². The summed E-state index contributed by atoms with van der Waals surface area (Å²) < 4.78 is 0.719. The number of thioether (sulfide) groups is 1. The first-order chi connectivity index (χ1) is 9.56. The van der Waals surface area contributed by atoms with Gasteiger partial charge in [-0.1, -0.05) is 53.4 Å². The first-order valence-electron chi connectivity index (χ1n) is 6.11. The standard InChI is InChI=1S/C13H16N4OS2/c1-9(19-13-16-15-12(14)20-13)11(18)17(2)8-10-6-4-3-5-7-10/h3-7,9H,8H2,1-2H3,(H2,14,15)/t9-/m0/s1. The van der Waals surface area contributed by atoms with Crippen LogP contribution in [0.3, 0.4) is 0 Å². The van der Waals surface area contributed by atoms with Crippen molar-refractivity contribution in [1.82, 2.24) is 15.1 Å². The van der Waals surface area contributed by atoms with Crippen LogP contribution >= 0.6 is 23.1 Å². The molecule has 0 aliphatic heterocycles. The number of nitrogens with zero attached hydrogens (tertiary/aromatic N) is 3. The van der Waals surface area contributed by atoms with Gasteiger partial charge in [0.05, 0.1) is 5.25 Å². The van der Waals surface area contributed by atoms with E-state index in [1.165, 1.54) is 23.1 Å². The van der Waals surface area contributed by atoms with E-state index in [1.54, 1.807) is 11.9 Å². The summed E-state index contributed by atoms with van der Waals surface area (Å²) in [6.45, 7) is 2.47. The highest BCUT2D eigenvalue weighted by Gasteiger charge is 2.20. The first-order valence-corrected chi connectivity index (χ1v) is 7.80. The largest absolute Gasteiger partial charge is 0.374 e. The van der Waals surface area contributed by atoms with Gasteiger partial charge in [-0.3, -0.25) is 4.79 Å². The van der Waals surface area contributed by atoms with E-state index in [-0.39, 0.29) is 11.2 Å². The van der Waals surface area contributed by atoms with Crippen LogP contribution in [0.25, 0.3) is 0 Å². The maximum Gasteiger partial charge on any atom is 0.235 e. The molecule has 0 bridgehead atoms. The van der Waals surface area contributed by atoms with Gasteiger partial charge in [-0.05, 0) is 12.5 Å². The summed E-state index contributed by atoms with van der Waals surface area (Å²) in [4.78, 5) is 14.0. The molecule has 0 unspecified atom stereocenters. The fourth-order valence-corrected chi connectivity index (χ4v) is 3.61. The molecule has 0 spiro atoms. The molecule has 106 valence electrons. The Morgan fingerprint density at radius 2 is 2.10 bits per heavy atom. The van der Waals surface area contributed by atoms with Crippen molar-refractivity contribution >= 4 is 34.1 Å². The average Bonchev–Trinajstić information content (AvgIpc) is 2.84. The summed E-state index contributed by atoms with van der Waals surface area (Å²) in [6, 6.07) is 9.91. The van der Waals surface area contributed by atoms with Gasteiger partial charge in [0.25, 0.3) is 0 Å². The lowest BCUT2D eigenvalue weighted by Gasteiger charge is -2.20. The number of amides is 1. The Kier molecular flexibility index (Phi) is 4.97. The van der Waals surface area contributed by atoms with Gasteiger partial charge in [0, 0.05) is 13.6 Å². The fraction of sp³-hybridized carbons (Fsp3) is 0.308. The smallest absolute Gasteiger partial charge is 0.235 e.